The molecule has 0 aliphatic rings. The number of aromatic amines is 1. The number of H-pyrrole nitrogens is 1. The Morgan fingerprint density at radius 2 is 2.21 bits per heavy atom. The second-order valence-corrected chi connectivity index (χ2v) is 6.51. The third-order valence-electron chi connectivity index (χ3n) is 3.91. The normalized spacial score (nSPS) is 11.6. The van der Waals surface area contributed by atoms with Gasteiger partial charge in [0, 0.05) is 24.0 Å². The van der Waals surface area contributed by atoms with Crippen LogP contribution in [0.4, 0.5) is 0 Å². The topological polar surface area (TPSA) is 142 Å². The number of imidazole rings is 1. The van der Waals surface area contributed by atoms with Crippen molar-refractivity contribution in [1.29, 1.82) is 5.26 Å². The van der Waals surface area contributed by atoms with E-state index in [0.29, 0.717) is 22.8 Å². The molecular formula is C18H16ClN7O2. The molecule has 10 heteroatoms. The second-order valence-electron chi connectivity index (χ2n) is 6.10. The van der Waals surface area contributed by atoms with Crippen LogP contribution in [-0.2, 0) is 6.54 Å². The standard InChI is InChI=1S/C18H16ClN7O2/c1-10(23-18(28)15-8-22-17(24-15)16(21)27)9-26-5-4-14(25-26)11-2-3-12(7-20)13(19)6-11/h2-6,8,10H,9H2,1H3,(H2,21,27)(H,22,24)(H,23,28)/t10-/m0/s1. The summed E-state index contributed by atoms with van der Waals surface area (Å²) in [5.41, 5.74) is 7.07. The van der Waals surface area contributed by atoms with Crippen molar-refractivity contribution < 1.29 is 9.59 Å². The van der Waals surface area contributed by atoms with Crippen LogP contribution in [0.5, 0.6) is 0 Å². The van der Waals surface area contributed by atoms with E-state index in [2.05, 4.69) is 20.4 Å². The van der Waals surface area contributed by atoms with E-state index < -0.39 is 11.8 Å². The van der Waals surface area contributed by atoms with Gasteiger partial charge >= 0.3 is 0 Å². The lowest BCUT2D eigenvalue weighted by atomic mass is 10.1. The molecule has 0 spiro atoms. The predicted molar refractivity (Wildman–Crippen MR) is 101 cm³/mol. The van der Waals surface area contributed by atoms with Crippen molar-refractivity contribution in [3.05, 3.63) is 58.8 Å². The van der Waals surface area contributed by atoms with Crippen LogP contribution in [0, 0.1) is 11.3 Å². The van der Waals surface area contributed by atoms with Crippen molar-refractivity contribution in [2.75, 3.05) is 0 Å². The number of rotatable bonds is 6. The Labute approximate surface area is 165 Å². The largest absolute Gasteiger partial charge is 0.363 e. The van der Waals surface area contributed by atoms with E-state index in [-0.39, 0.29) is 17.6 Å². The number of nitrogens with one attached hydrogen (secondary N) is 2. The Balaban J connectivity index is 1.64. The summed E-state index contributed by atoms with van der Waals surface area (Å²) in [5, 5.41) is 16.6. The molecule has 0 unspecified atom stereocenters. The zero-order valence-electron chi connectivity index (χ0n) is 14.8. The molecule has 0 aliphatic heterocycles. The quantitative estimate of drug-likeness (QED) is 0.580. The molecule has 0 fully saturated rings. The third-order valence-corrected chi connectivity index (χ3v) is 4.22. The number of primary amides is 1. The fourth-order valence-corrected chi connectivity index (χ4v) is 2.79. The van der Waals surface area contributed by atoms with Crippen molar-refractivity contribution in [1.82, 2.24) is 25.1 Å². The molecule has 0 radical (unpaired) electrons. The summed E-state index contributed by atoms with van der Waals surface area (Å²) in [5.74, 6) is -1.24. The van der Waals surface area contributed by atoms with Crippen molar-refractivity contribution in [3.8, 4) is 17.3 Å². The van der Waals surface area contributed by atoms with E-state index in [0.717, 1.165) is 5.56 Å². The molecule has 0 bridgehead atoms. The molecule has 4 N–H and O–H groups in total. The number of nitrogens with zero attached hydrogens (tertiary/aromatic N) is 4. The van der Waals surface area contributed by atoms with Crippen LogP contribution in [0.2, 0.25) is 5.02 Å². The Hall–Kier alpha value is -3.64. The number of hydrogen-bond donors (Lipinski definition) is 3. The highest BCUT2D eigenvalue weighted by Gasteiger charge is 2.16. The average Bonchev–Trinajstić information content (AvgIpc) is 3.31. The molecule has 0 saturated heterocycles. The second kappa shape index (κ2) is 7.94. The SMILES string of the molecule is C[C@@H](Cn1ccc(-c2ccc(C#N)c(Cl)c2)n1)NC(=O)c1c[nH]c(C(N)=O)n1. The summed E-state index contributed by atoms with van der Waals surface area (Å²) in [7, 11) is 0. The first-order valence-electron chi connectivity index (χ1n) is 8.27. The minimum absolute atomic E-state index is 0.0735. The maximum Gasteiger partial charge on any atom is 0.284 e. The number of carbonyl (C=O) groups is 2. The van der Waals surface area contributed by atoms with Crippen molar-refractivity contribution in [2.45, 2.75) is 19.5 Å². The Morgan fingerprint density at radius 3 is 2.86 bits per heavy atom. The molecule has 1 aromatic carbocycles. The van der Waals surface area contributed by atoms with Crippen LogP contribution < -0.4 is 11.1 Å². The van der Waals surface area contributed by atoms with Gasteiger partial charge in [-0.05, 0) is 25.1 Å². The molecule has 3 aromatic rings. The smallest absolute Gasteiger partial charge is 0.284 e. The number of nitriles is 1. The molecule has 2 amide bonds. The van der Waals surface area contributed by atoms with Gasteiger partial charge in [-0.15, -0.1) is 0 Å². The highest BCUT2D eigenvalue weighted by Crippen LogP contribution is 2.24. The molecule has 3 rings (SSSR count). The molecule has 28 heavy (non-hydrogen) atoms. The van der Waals surface area contributed by atoms with Gasteiger partial charge in [0.2, 0.25) is 0 Å². The lowest BCUT2D eigenvalue weighted by Gasteiger charge is -2.13. The molecular weight excluding hydrogens is 382 g/mol. The van der Waals surface area contributed by atoms with E-state index in [4.69, 9.17) is 22.6 Å². The van der Waals surface area contributed by atoms with Crippen LogP contribution in [0.3, 0.4) is 0 Å². The fraction of sp³-hybridized carbons (Fsp3) is 0.167. The number of hydrogen-bond acceptors (Lipinski definition) is 5. The molecule has 9 nitrogen and oxygen atoms in total. The zero-order chi connectivity index (χ0) is 20.3. The monoisotopic (exact) mass is 397 g/mol. The Kier molecular flexibility index (Phi) is 5.42. The first-order valence-corrected chi connectivity index (χ1v) is 8.64. The first kappa shape index (κ1) is 19.1. The van der Waals surface area contributed by atoms with Crippen molar-refractivity contribution in [3.63, 3.8) is 0 Å². The maximum absolute atomic E-state index is 12.2. The molecule has 2 heterocycles. The van der Waals surface area contributed by atoms with Gasteiger partial charge < -0.3 is 16.0 Å². The lowest BCUT2D eigenvalue weighted by Crippen LogP contribution is -2.36. The van der Waals surface area contributed by atoms with Gasteiger partial charge in [0.1, 0.15) is 11.8 Å². The number of amides is 2. The molecule has 2 aromatic heterocycles. The van der Waals surface area contributed by atoms with E-state index in [1.165, 1.54) is 6.20 Å². The van der Waals surface area contributed by atoms with Crippen LogP contribution in [0.1, 0.15) is 33.6 Å². The summed E-state index contributed by atoms with van der Waals surface area (Å²) in [6, 6.07) is 8.68. The first-order chi connectivity index (χ1) is 13.4. The van der Waals surface area contributed by atoms with E-state index in [1.54, 1.807) is 29.1 Å². The molecule has 0 saturated carbocycles. The van der Waals surface area contributed by atoms with Gasteiger partial charge in [-0.3, -0.25) is 14.3 Å². The van der Waals surface area contributed by atoms with Gasteiger partial charge in [-0.2, -0.15) is 10.4 Å². The number of aromatic nitrogens is 4. The lowest BCUT2D eigenvalue weighted by molar-refractivity contribution is 0.0931. The van der Waals surface area contributed by atoms with Crippen LogP contribution >= 0.6 is 11.6 Å². The number of nitrogens with two attached hydrogens (primary N) is 1. The maximum atomic E-state index is 12.2. The predicted octanol–water partition coefficient (Wildman–Crippen LogP) is 1.72. The van der Waals surface area contributed by atoms with E-state index >= 15 is 0 Å². The summed E-state index contributed by atoms with van der Waals surface area (Å²) >= 11 is 6.07. The highest BCUT2D eigenvalue weighted by atomic mass is 35.5. The van der Waals surface area contributed by atoms with Crippen LogP contribution in [-0.4, -0.2) is 37.6 Å². The van der Waals surface area contributed by atoms with Gasteiger partial charge in [0.25, 0.3) is 11.8 Å². The number of carbonyl (C=O) groups excluding carboxylic acids is 2. The summed E-state index contributed by atoms with van der Waals surface area (Å²) < 4.78 is 1.69. The van der Waals surface area contributed by atoms with Crippen LogP contribution in [0.15, 0.2) is 36.7 Å². The Bertz CT molecular complexity index is 1080. The molecule has 1 atom stereocenters. The minimum atomic E-state index is -0.737. The third kappa shape index (κ3) is 4.19. The van der Waals surface area contributed by atoms with Gasteiger partial charge in [-0.25, -0.2) is 4.98 Å². The minimum Gasteiger partial charge on any atom is -0.363 e. The van der Waals surface area contributed by atoms with Gasteiger partial charge in [-0.1, -0.05) is 17.7 Å². The van der Waals surface area contributed by atoms with Crippen molar-refractivity contribution >= 4 is 23.4 Å². The zero-order valence-corrected chi connectivity index (χ0v) is 15.6. The van der Waals surface area contributed by atoms with Gasteiger partial charge in [0.15, 0.2) is 5.82 Å². The average molecular weight is 398 g/mol. The number of halogens is 1. The fourth-order valence-electron chi connectivity index (χ4n) is 2.57. The molecule has 142 valence electrons. The van der Waals surface area contributed by atoms with E-state index in [1.807, 2.05) is 19.1 Å². The highest BCUT2D eigenvalue weighted by molar-refractivity contribution is 6.32. The summed E-state index contributed by atoms with van der Waals surface area (Å²) in [4.78, 5) is 29.6. The van der Waals surface area contributed by atoms with Crippen LogP contribution in [0.25, 0.3) is 11.3 Å². The number of benzene rings is 1. The Morgan fingerprint density at radius 1 is 1.43 bits per heavy atom. The summed E-state index contributed by atoms with van der Waals surface area (Å²) in [6.07, 6.45) is 3.10. The molecule has 0 aliphatic carbocycles. The van der Waals surface area contributed by atoms with Gasteiger partial charge in [0.05, 0.1) is 22.8 Å². The van der Waals surface area contributed by atoms with Crippen molar-refractivity contribution in [2.24, 2.45) is 5.73 Å². The van der Waals surface area contributed by atoms with E-state index in [9.17, 15) is 9.59 Å². The summed E-state index contributed by atoms with van der Waals surface area (Å²) in [6.45, 7) is 2.24.